The molecule has 0 radical (unpaired) electrons. The van der Waals surface area contributed by atoms with E-state index in [0.29, 0.717) is 13.2 Å². The van der Waals surface area contributed by atoms with Gasteiger partial charge in [-0.05, 0) is 34.1 Å². The van der Waals surface area contributed by atoms with Crippen molar-refractivity contribution in [2.45, 2.75) is 45.3 Å². The lowest BCUT2D eigenvalue weighted by Crippen LogP contribution is -2.54. The van der Waals surface area contributed by atoms with Gasteiger partial charge in [-0.15, -0.1) is 0 Å². The van der Waals surface area contributed by atoms with Crippen LogP contribution in [-0.2, 0) is 14.3 Å². The molecule has 1 fully saturated rings. The summed E-state index contributed by atoms with van der Waals surface area (Å²) in [5.74, 6) is 0.00696. The second-order valence-corrected chi connectivity index (χ2v) is 5.59. The molecule has 0 bridgehead atoms. The van der Waals surface area contributed by atoms with Gasteiger partial charge in [0.1, 0.15) is 17.4 Å². The summed E-state index contributed by atoms with van der Waals surface area (Å²) in [6, 6.07) is 0. The molecule has 0 aromatic carbocycles. The number of alkyl carbamates (subject to hydrolysis) is 1. The van der Waals surface area contributed by atoms with E-state index in [2.05, 4.69) is 5.32 Å². The minimum absolute atomic E-state index is 0.00696. The van der Waals surface area contributed by atoms with Crippen molar-refractivity contribution in [1.29, 1.82) is 0 Å². The average Bonchev–Trinajstić information content (AvgIpc) is 2.67. The number of carbonyl (C=O) groups is 2. The molecule has 17 heavy (non-hydrogen) atoms. The quantitative estimate of drug-likeness (QED) is 0.763. The molecule has 1 N–H and O–H groups in total. The van der Waals surface area contributed by atoms with Gasteiger partial charge in [-0.25, -0.2) is 4.79 Å². The van der Waals surface area contributed by atoms with Crippen molar-refractivity contribution in [1.82, 2.24) is 5.32 Å². The van der Waals surface area contributed by atoms with Crippen LogP contribution in [0, 0.1) is 5.92 Å². The summed E-state index contributed by atoms with van der Waals surface area (Å²) in [5.41, 5.74) is -1.49. The maximum absolute atomic E-state index is 11.7. The fourth-order valence-corrected chi connectivity index (χ4v) is 1.76. The van der Waals surface area contributed by atoms with E-state index in [4.69, 9.17) is 9.47 Å². The maximum Gasteiger partial charge on any atom is 0.408 e. The van der Waals surface area contributed by atoms with E-state index in [0.717, 1.165) is 12.7 Å². The Morgan fingerprint density at radius 3 is 2.47 bits per heavy atom. The zero-order valence-corrected chi connectivity index (χ0v) is 10.9. The normalized spacial score (nSPS) is 23.9. The fraction of sp³-hybridized carbons (Fsp3) is 0.833. The molecule has 1 aliphatic heterocycles. The largest absolute Gasteiger partial charge is 0.444 e. The second-order valence-electron chi connectivity index (χ2n) is 5.59. The lowest BCUT2D eigenvalue weighted by Gasteiger charge is -2.31. The van der Waals surface area contributed by atoms with Crippen LogP contribution in [0.1, 0.15) is 34.1 Å². The molecule has 0 aromatic rings. The number of hydrogen-bond donors (Lipinski definition) is 1. The first-order valence-corrected chi connectivity index (χ1v) is 5.82. The van der Waals surface area contributed by atoms with E-state index >= 15 is 0 Å². The highest BCUT2D eigenvalue weighted by Gasteiger charge is 2.39. The van der Waals surface area contributed by atoms with Gasteiger partial charge < -0.3 is 19.6 Å². The third-order valence-electron chi connectivity index (χ3n) is 2.79. The van der Waals surface area contributed by atoms with E-state index in [9.17, 15) is 9.59 Å². The first kappa shape index (κ1) is 14.0. The van der Waals surface area contributed by atoms with Crippen LogP contribution in [-0.4, -0.2) is 36.7 Å². The summed E-state index contributed by atoms with van der Waals surface area (Å²) in [6.45, 7) is 8.16. The summed E-state index contributed by atoms with van der Waals surface area (Å²) >= 11 is 0. The molecule has 5 heteroatoms. The number of carbonyl (C=O) groups excluding carboxylic acids is 2. The van der Waals surface area contributed by atoms with Gasteiger partial charge in [0.15, 0.2) is 0 Å². The Morgan fingerprint density at radius 2 is 2.06 bits per heavy atom. The highest BCUT2D eigenvalue weighted by molar-refractivity contribution is 5.76. The van der Waals surface area contributed by atoms with Crippen LogP contribution >= 0.6 is 0 Å². The summed E-state index contributed by atoms with van der Waals surface area (Å²) < 4.78 is 10.4. The minimum Gasteiger partial charge on any atom is -0.444 e. The van der Waals surface area contributed by atoms with E-state index < -0.39 is 17.2 Å². The fourth-order valence-electron chi connectivity index (χ4n) is 1.76. The summed E-state index contributed by atoms with van der Waals surface area (Å²) in [6.07, 6.45) is 0.959. The van der Waals surface area contributed by atoms with Crippen LogP contribution in [0.3, 0.4) is 0 Å². The van der Waals surface area contributed by atoms with Crippen molar-refractivity contribution in [3.05, 3.63) is 0 Å². The predicted octanol–water partition coefficient (Wildman–Crippen LogP) is 1.51. The van der Waals surface area contributed by atoms with Gasteiger partial charge >= 0.3 is 6.09 Å². The highest BCUT2D eigenvalue weighted by atomic mass is 16.6. The van der Waals surface area contributed by atoms with Crippen molar-refractivity contribution in [3.8, 4) is 0 Å². The number of aldehydes is 1. The molecule has 0 spiro atoms. The Kier molecular flexibility index (Phi) is 4.14. The molecule has 0 aromatic heterocycles. The van der Waals surface area contributed by atoms with Crippen molar-refractivity contribution < 1.29 is 19.1 Å². The van der Waals surface area contributed by atoms with Crippen molar-refractivity contribution in [2.75, 3.05) is 13.2 Å². The van der Waals surface area contributed by atoms with Crippen molar-refractivity contribution in [3.63, 3.8) is 0 Å². The monoisotopic (exact) mass is 243 g/mol. The number of amides is 1. The lowest BCUT2D eigenvalue weighted by atomic mass is 9.86. The van der Waals surface area contributed by atoms with E-state index in [-0.39, 0.29) is 5.92 Å². The topological polar surface area (TPSA) is 64.6 Å². The predicted molar refractivity (Wildman–Crippen MR) is 62.8 cm³/mol. The van der Waals surface area contributed by atoms with Crippen LogP contribution in [0.25, 0.3) is 0 Å². The van der Waals surface area contributed by atoms with E-state index in [1.807, 2.05) is 0 Å². The number of nitrogens with one attached hydrogen (secondary N) is 1. The van der Waals surface area contributed by atoms with Crippen LogP contribution in [0.15, 0.2) is 0 Å². The first-order chi connectivity index (χ1) is 7.77. The maximum atomic E-state index is 11.7. The van der Waals surface area contributed by atoms with Gasteiger partial charge in [-0.2, -0.15) is 0 Å². The summed E-state index contributed by atoms with van der Waals surface area (Å²) in [5, 5.41) is 2.63. The molecule has 0 aliphatic carbocycles. The van der Waals surface area contributed by atoms with Gasteiger partial charge in [-0.1, -0.05) is 0 Å². The Labute approximate surface area is 102 Å². The summed E-state index contributed by atoms with van der Waals surface area (Å²) in [4.78, 5) is 22.8. The van der Waals surface area contributed by atoms with Gasteiger partial charge in [0.25, 0.3) is 0 Å². The SMILES string of the molecule is CC(C)(C)OC(=O)NC(C)(C=O)C1CCOC1. The molecule has 5 nitrogen and oxygen atoms in total. The van der Waals surface area contributed by atoms with Crippen molar-refractivity contribution >= 4 is 12.4 Å². The van der Waals surface area contributed by atoms with Gasteiger partial charge in [0, 0.05) is 12.5 Å². The molecule has 0 saturated carbocycles. The molecule has 2 unspecified atom stereocenters. The smallest absolute Gasteiger partial charge is 0.408 e. The lowest BCUT2D eigenvalue weighted by molar-refractivity contribution is -0.114. The van der Waals surface area contributed by atoms with Crippen molar-refractivity contribution in [2.24, 2.45) is 5.92 Å². The summed E-state index contributed by atoms with van der Waals surface area (Å²) in [7, 11) is 0. The van der Waals surface area contributed by atoms with Crippen LogP contribution < -0.4 is 5.32 Å². The standard InChI is InChI=1S/C12H21NO4/c1-11(2,3)17-10(15)13-12(4,8-14)9-5-6-16-7-9/h8-9H,5-7H2,1-4H3,(H,13,15). The Bertz CT molecular complexity index is 291. The molecular formula is C12H21NO4. The third kappa shape index (κ3) is 4.00. The Hall–Kier alpha value is -1.10. The Balaban J connectivity index is 2.62. The Morgan fingerprint density at radius 1 is 1.41 bits per heavy atom. The molecule has 2 atom stereocenters. The number of hydrogen-bond acceptors (Lipinski definition) is 4. The van der Waals surface area contributed by atoms with Gasteiger partial charge in [0.2, 0.25) is 0 Å². The molecule has 98 valence electrons. The zero-order valence-electron chi connectivity index (χ0n) is 10.9. The molecule has 1 heterocycles. The number of rotatable bonds is 3. The molecular weight excluding hydrogens is 222 g/mol. The molecule has 1 aliphatic rings. The van der Waals surface area contributed by atoms with Crippen LogP contribution in [0.4, 0.5) is 4.79 Å². The van der Waals surface area contributed by atoms with Crippen LogP contribution in [0.5, 0.6) is 0 Å². The van der Waals surface area contributed by atoms with Gasteiger partial charge in [-0.3, -0.25) is 0 Å². The van der Waals surface area contributed by atoms with Gasteiger partial charge in [0.05, 0.1) is 6.61 Å². The minimum atomic E-state index is -0.918. The third-order valence-corrected chi connectivity index (χ3v) is 2.79. The van der Waals surface area contributed by atoms with Crippen LogP contribution in [0.2, 0.25) is 0 Å². The second kappa shape index (κ2) is 5.04. The molecule has 1 rings (SSSR count). The average molecular weight is 243 g/mol. The highest BCUT2D eigenvalue weighted by Crippen LogP contribution is 2.24. The zero-order chi connectivity index (χ0) is 13.1. The van der Waals surface area contributed by atoms with E-state index in [1.165, 1.54) is 0 Å². The molecule has 1 saturated heterocycles. The number of ether oxygens (including phenoxy) is 2. The van der Waals surface area contributed by atoms with E-state index in [1.54, 1.807) is 27.7 Å². The first-order valence-electron chi connectivity index (χ1n) is 5.82. The molecule has 1 amide bonds.